The number of benzene rings is 1. The van der Waals surface area contributed by atoms with Crippen LogP contribution in [0.15, 0.2) is 30.5 Å². The van der Waals surface area contributed by atoms with Gasteiger partial charge in [-0.05, 0) is 31.4 Å². The molecule has 1 heterocycles. The number of carbonyl (C=O) groups is 2. The SMILES string of the molecule is Cc1ccccc1-n1cc(COC(=O)C2CCCC(=O)C2)nn1. The molecule has 6 heteroatoms. The number of ether oxygens (including phenoxy) is 1. The molecule has 1 fully saturated rings. The lowest BCUT2D eigenvalue weighted by atomic mass is 9.88. The number of rotatable bonds is 4. The molecule has 0 spiro atoms. The maximum atomic E-state index is 12.0. The number of para-hydroxylation sites is 1. The van der Waals surface area contributed by atoms with Crippen molar-refractivity contribution in [3.05, 3.63) is 41.7 Å². The molecule has 0 aliphatic heterocycles. The average molecular weight is 313 g/mol. The largest absolute Gasteiger partial charge is 0.459 e. The smallest absolute Gasteiger partial charge is 0.309 e. The van der Waals surface area contributed by atoms with Gasteiger partial charge in [0.2, 0.25) is 0 Å². The van der Waals surface area contributed by atoms with Gasteiger partial charge >= 0.3 is 5.97 Å². The van der Waals surface area contributed by atoms with Gasteiger partial charge in [-0.1, -0.05) is 23.4 Å². The van der Waals surface area contributed by atoms with Crippen molar-refractivity contribution >= 4 is 11.8 Å². The summed E-state index contributed by atoms with van der Waals surface area (Å²) in [5.74, 6) is -0.477. The van der Waals surface area contributed by atoms with Gasteiger partial charge in [0.25, 0.3) is 0 Å². The fraction of sp³-hybridized carbons (Fsp3) is 0.412. The summed E-state index contributed by atoms with van der Waals surface area (Å²) in [5.41, 5.74) is 2.61. The zero-order valence-electron chi connectivity index (χ0n) is 13.1. The molecule has 3 rings (SSSR count). The van der Waals surface area contributed by atoms with E-state index in [0.29, 0.717) is 18.5 Å². The Morgan fingerprint density at radius 1 is 1.39 bits per heavy atom. The molecule has 6 nitrogen and oxygen atoms in total. The lowest BCUT2D eigenvalue weighted by Crippen LogP contribution is -2.24. The molecule has 1 unspecified atom stereocenters. The highest BCUT2D eigenvalue weighted by Crippen LogP contribution is 2.22. The first-order valence-corrected chi connectivity index (χ1v) is 7.79. The minimum absolute atomic E-state index is 0.0788. The number of Topliss-reactive ketones (excluding diaryl/α,β-unsaturated/α-hetero) is 1. The van der Waals surface area contributed by atoms with Gasteiger partial charge in [0, 0.05) is 12.8 Å². The molecule has 2 aromatic rings. The Kier molecular flexibility index (Phi) is 4.50. The molecular weight excluding hydrogens is 294 g/mol. The lowest BCUT2D eigenvalue weighted by molar-refractivity contribution is -0.152. The second-order valence-corrected chi connectivity index (χ2v) is 5.88. The standard InChI is InChI=1S/C17H19N3O3/c1-12-5-2-3-8-16(12)20-10-14(18-19-20)11-23-17(22)13-6-4-7-15(21)9-13/h2-3,5,8,10,13H,4,6-7,9,11H2,1H3. The van der Waals surface area contributed by atoms with E-state index >= 15 is 0 Å². The molecule has 0 bridgehead atoms. The average Bonchev–Trinajstić information content (AvgIpc) is 3.02. The number of carbonyl (C=O) groups excluding carboxylic acids is 2. The molecule has 120 valence electrons. The molecule has 23 heavy (non-hydrogen) atoms. The van der Waals surface area contributed by atoms with Crippen LogP contribution < -0.4 is 0 Å². The number of hydrogen-bond donors (Lipinski definition) is 0. The van der Waals surface area contributed by atoms with Crippen molar-refractivity contribution in [2.75, 3.05) is 0 Å². The summed E-state index contributed by atoms with van der Waals surface area (Å²) in [6, 6.07) is 7.85. The molecule has 0 radical (unpaired) electrons. The maximum Gasteiger partial charge on any atom is 0.309 e. The summed E-state index contributed by atoms with van der Waals surface area (Å²) in [6.07, 6.45) is 4.12. The Bertz CT molecular complexity index is 723. The van der Waals surface area contributed by atoms with Crippen LogP contribution >= 0.6 is 0 Å². The van der Waals surface area contributed by atoms with Crippen molar-refractivity contribution in [1.29, 1.82) is 0 Å². The first-order valence-electron chi connectivity index (χ1n) is 7.79. The second kappa shape index (κ2) is 6.73. The molecule has 0 saturated heterocycles. The van der Waals surface area contributed by atoms with Crippen molar-refractivity contribution in [1.82, 2.24) is 15.0 Å². The summed E-state index contributed by atoms with van der Waals surface area (Å²) in [7, 11) is 0. The fourth-order valence-corrected chi connectivity index (χ4v) is 2.79. The molecule has 1 saturated carbocycles. The number of nitrogens with zero attached hydrogens (tertiary/aromatic N) is 3. The Labute approximate surface area is 134 Å². The Morgan fingerprint density at radius 3 is 3.00 bits per heavy atom. The van der Waals surface area contributed by atoms with E-state index in [0.717, 1.165) is 24.1 Å². The van der Waals surface area contributed by atoms with E-state index in [1.165, 1.54) is 0 Å². The van der Waals surface area contributed by atoms with Gasteiger partial charge in [0.05, 0.1) is 17.8 Å². The zero-order chi connectivity index (χ0) is 16.2. The van der Waals surface area contributed by atoms with Crippen molar-refractivity contribution in [2.24, 2.45) is 5.92 Å². The van der Waals surface area contributed by atoms with E-state index in [4.69, 9.17) is 4.74 Å². The van der Waals surface area contributed by atoms with Gasteiger partial charge in [0.15, 0.2) is 0 Å². The van der Waals surface area contributed by atoms with Gasteiger partial charge in [-0.3, -0.25) is 9.59 Å². The summed E-state index contributed by atoms with van der Waals surface area (Å²) in [5, 5.41) is 8.11. The summed E-state index contributed by atoms with van der Waals surface area (Å²) >= 11 is 0. The Hall–Kier alpha value is -2.50. The number of esters is 1. The van der Waals surface area contributed by atoms with Gasteiger partial charge in [-0.2, -0.15) is 0 Å². The molecule has 1 aliphatic rings. The highest BCUT2D eigenvalue weighted by molar-refractivity contribution is 5.85. The van der Waals surface area contributed by atoms with Crippen LogP contribution in [0.3, 0.4) is 0 Å². The second-order valence-electron chi connectivity index (χ2n) is 5.88. The predicted octanol–water partition coefficient (Wildman–Crippen LogP) is 2.38. The quantitative estimate of drug-likeness (QED) is 0.810. The van der Waals surface area contributed by atoms with E-state index in [1.807, 2.05) is 31.2 Å². The predicted molar refractivity (Wildman–Crippen MR) is 82.9 cm³/mol. The van der Waals surface area contributed by atoms with E-state index in [-0.39, 0.29) is 24.3 Å². The van der Waals surface area contributed by atoms with Gasteiger partial charge in [0.1, 0.15) is 18.1 Å². The van der Waals surface area contributed by atoms with Crippen LogP contribution in [-0.2, 0) is 20.9 Å². The molecular formula is C17H19N3O3. The highest BCUT2D eigenvalue weighted by atomic mass is 16.5. The first kappa shape index (κ1) is 15.4. The maximum absolute atomic E-state index is 12.0. The minimum atomic E-state index is -0.316. The number of aryl methyl sites for hydroxylation is 1. The fourth-order valence-electron chi connectivity index (χ4n) is 2.79. The van der Waals surface area contributed by atoms with Crippen molar-refractivity contribution in [3.63, 3.8) is 0 Å². The van der Waals surface area contributed by atoms with Crippen molar-refractivity contribution in [3.8, 4) is 5.69 Å². The van der Waals surface area contributed by atoms with Gasteiger partial charge < -0.3 is 4.74 Å². The molecule has 0 amide bonds. The van der Waals surface area contributed by atoms with E-state index in [9.17, 15) is 9.59 Å². The van der Waals surface area contributed by atoms with Crippen molar-refractivity contribution in [2.45, 2.75) is 39.2 Å². The monoisotopic (exact) mass is 313 g/mol. The number of hydrogen-bond acceptors (Lipinski definition) is 5. The van der Waals surface area contributed by atoms with Crippen LogP contribution in [0.1, 0.15) is 36.9 Å². The molecule has 1 aliphatic carbocycles. The van der Waals surface area contributed by atoms with E-state index < -0.39 is 0 Å². The third-order valence-electron chi connectivity index (χ3n) is 4.08. The van der Waals surface area contributed by atoms with E-state index in [2.05, 4.69) is 10.3 Å². The Morgan fingerprint density at radius 2 is 2.22 bits per heavy atom. The van der Waals surface area contributed by atoms with Gasteiger partial charge in [-0.25, -0.2) is 4.68 Å². The Balaban J connectivity index is 1.60. The molecule has 0 N–H and O–H groups in total. The third-order valence-corrected chi connectivity index (χ3v) is 4.08. The summed E-state index contributed by atoms with van der Waals surface area (Å²) in [4.78, 5) is 23.4. The third kappa shape index (κ3) is 3.64. The normalized spacial score (nSPS) is 18.0. The van der Waals surface area contributed by atoms with Gasteiger partial charge in [-0.15, -0.1) is 5.10 Å². The highest BCUT2D eigenvalue weighted by Gasteiger charge is 2.27. The zero-order valence-corrected chi connectivity index (χ0v) is 13.1. The molecule has 1 aromatic carbocycles. The minimum Gasteiger partial charge on any atom is -0.459 e. The lowest BCUT2D eigenvalue weighted by Gasteiger charge is -2.18. The van der Waals surface area contributed by atoms with Crippen LogP contribution in [0.2, 0.25) is 0 Å². The van der Waals surface area contributed by atoms with E-state index in [1.54, 1.807) is 10.9 Å². The van der Waals surface area contributed by atoms with Crippen molar-refractivity contribution < 1.29 is 14.3 Å². The number of aromatic nitrogens is 3. The van der Waals surface area contributed by atoms with Crippen LogP contribution in [0.25, 0.3) is 5.69 Å². The summed E-state index contributed by atoms with van der Waals surface area (Å²) in [6.45, 7) is 2.08. The molecule has 1 aromatic heterocycles. The summed E-state index contributed by atoms with van der Waals surface area (Å²) < 4.78 is 6.96. The van der Waals surface area contributed by atoms with Crippen LogP contribution in [-0.4, -0.2) is 26.7 Å². The van der Waals surface area contributed by atoms with Crippen LogP contribution in [0.5, 0.6) is 0 Å². The topological polar surface area (TPSA) is 74.1 Å². The molecule has 1 atom stereocenters. The van der Waals surface area contributed by atoms with Crippen LogP contribution in [0.4, 0.5) is 0 Å². The van der Waals surface area contributed by atoms with Crippen LogP contribution in [0, 0.1) is 12.8 Å². The number of ketones is 1. The first-order chi connectivity index (χ1) is 11.1.